The second-order valence-electron chi connectivity index (χ2n) is 4.44. The quantitative estimate of drug-likeness (QED) is 0.242. The minimum atomic E-state index is -3.83. The maximum atomic E-state index is 9.11. The molecule has 5 N–H and O–H groups in total. The number of para-hydroxylation sites is 1. The van der Waals surface area contributed by atoms with Gasteiger partial charge in [0.25, 0.3) is 9.05 Å². The van der Waals surface area contributed by atoms with Crippen molar-refractivity contribution in [2.75, 3.05) is 12.3 Å². The lowest BCUT2D eigenvalue weighted by Gasteiger charge is -1.98. The Morgan fingerprint density at radius 2 is 2.05 bits per heavy atom. The minimum absolute atomic E-state index is 0.535. The van der Waals surface area contributed by atoms with E-state index in [9.17, 15) is 0 Å². The van der Waals surface area contributed by atoms with Crippen LogP contribution in [0, 0.1) is 0 Å². The van der Waals surface area contributed by atoms with Crippen LogP contribution in [-0.4, -0.2) is 36.4 Å². The molecule has 9 heteroatoms. The number of hydrogen-bond donors (Lipinski definition) is 5. The Bertz CT molecular complexity index is 718. The predicted molar refractivity (Wildman–Crippen MR) is 97.7 cm³/mol. The van der Waals surface area contributed by atoms with Crippen LogP contribution in [0.5, 0.6) is 0 Å². The highest BCUT2D eigenvalue weighted by molar-refractivity contribution is 8.26. The molecule has 0 aliphatic rings. The number of aliphatic imine (C=N–C) groups is 1. The van der Waals surface area contributed by atoms with Gasteiger partial charge in [-0.3, -0.25) is 14.1 Å². The smallest absolute Gasteiger partial charge is 0.263 e. The first-order chi connectivity index (χ1) is 10.3. The summed E-state index contributed by atoms with van der Waals surface area (Å²) in [6.07, 6.45) is 4.11. The van der Waals surface area contributed by atoms with E-state index in [2.05, 4.69) is 58.2 Å². The van der Waals surface area contributed by atoms with Gasteiger partial charge in [-0.15, -0.1) is 0 Å². The van der Waals surface area contributed by atoms with Crippen LogP contribution in [0.4, 0.5) is 0 Å². The molecule has 6 nitrogen and oxygen atoms in total. The molecule has 22 heavy (non-hydrogen) atoms. The molecule has 2 rings (SSSR count). The number of nitrogens with zero attached hydrogens (tertiary/aromatic N) is 1. The molecule has 0 amide bonds. The first-order valence-corrected chi connectivity index (χ1v) is 9.48. The van der Waals surface area contributed by atoms with E-state index >= 15 is 0 Å². The summed E-state index contributed by atoms with van der Waals surface area (Å²) in [5.74, 6) is 1.15. The number of aryl methyl sites for hydroxylation is 1. The summed E-state index contributed by atoms with van der Waals surface area (Å²) in [6.45, 7) is 0.770. The van der Waals surface area contributed by atoms with Gasteiger partial charge in [0.2, 0.25) is 0 Å². The second-order valence-corrected chi connectivity index (χ2v) is 6.96. The number of nitrogens with one attached hydrogen (secondary N) is 1. The van der Waals surface area contributed by atoms with E-state index in [4.69, 9.17) is 19.0 Å². The summed E-state index contributed by atoms with van der Waals surface area (Å²) in [6, 6.07) is 8.35. The molecule has 0 saturated carbocycles. The van der Waals surface area contributed by atoms with E-state index in [0.717, 1.165) is 19.4 Å². The van der Waals surface area contributed by atoms with Gasteiger partial charge in [-0.25, -0.2) is 0 Å². The topological polar surface area (TPSA) is 112 Å². The first-order valence-electron chi connectivity index (χ1n) is 6.46. The molecule has 0 aliphatic carbocycles. The number of aromatic amines is 1. The zero-order valence-electron chi connectivity index (χ0n) is 11.8. The summed E-state index contributed by atoms with van der Waals surface area (Å²) in [5, 5.41) is 1.30. The van der Waals surface area contributed by atoms with Gasteiger partial charge in [0.1, 0.15) is 5.84 Å². The van der Waals surface area contributed by atoms with Gasteiger partial charge in [-0.1, -0.05) is 18.2 Å². The van der Waals surface area contributed by atoms with Crippen molar-refractivity contribution >= 4 is 49.6 Å². The average molecular weight is 362 g/mol. The fourth-order valence-corrected chi connectivity index (χ4v) is 1.98. The fraction of sp³-hybridized carbons (Fsp3) is 0.308. The van der Waals surface area contributed by atoms with Crippen molar-refractivity contribution in [1.29, 1.82) is 0 Å². The number of fused-ring (bicyclic) bond motifs is 1. The van der Waals surface area contributed by atoms with Crippen molar-refractivity contribution in [2.45, 2.75) is 12.8 Å². The normalized spacial score (nSPS) is 12.0. The number of amidine groups is 1. The zero-order valence-corrected chi connectivity index (χ0v) is 14.3. The van der Waals surface area contributed by atoms with Crippen LogP contribution in [0.3, 0.4) is 0 Å². The third kappa shape index (κ3) is 7.76. The van der Waals surface area contributed by atoms with Crippen LogP contribution in [0.2, 0.25) is 0 Å². The molecule has 0 saturated heterocycles. The number of aromatic nitrogens is 1. The van der Waals surface area contributed by atoms with Crippen LogP contribution in [0.15, 0.2) is 35.5 Å². The summed E-state index contributed by atoms with van der Waals surface area (Å²) >= 11 is 7.53. The number of hydrogen-bond acceptors (Lipinski definition) is 4. The lowest BCUT2D eigenvalue weighted by molar-refractivity contribution is 0.450. The lowest BCUT2D eigenvalue weighted by Crippen LogP contribution is -2.13. The van der Waals surface area contributed by atoms with Crippen molar-refractivity contribution in [3.8, 4) is 0 Å². The Kier molecular flexibility index (Phi) is 7.83. The Morgan fingerprint density at radius 3 is 2.68 bits per heavy atom. The zero-order chi connectivity index (χ0) is 16.6. The third-order valence-electron chi connectivity index (χ3n) is 2.76. The largest absolute Gasteiger partial charge is 0.387 e. The molecule has 0 spiro atoms. The van der Waals surface area contributed by atoms with Crippen molar-refractivity contribution in [1.82, 2.24) is 4.98 Å². The van der Waals surface area contributed by atoms with Crippen molar-refractivity contribution in [3.63, 3.8) is 0 Å². The van der Waals surface area contributed by atoms with E-state index < -0.39 is 9.05 Å². The van der Waals surface area contributed by atoms with E-state index in [1.54, 1.807) is 0 Å². The summed E-state index contributed by atoms with van der Waals surface area (Å²) in [7, 11) is -3.83. The van der Waals surface area contributed by atoms with Gasteiger partial charge in [0.15, 0.2) is 0 Å². The van der Waals surface area contributed by atoms with Gasteiger partial charge in [0, 0.05) is 40.6 Å². The Hall–Kier alpha value is -1.13. The molecule has 2 aromatic rings. The number of H-pyrrole nitrogens is 1. The standard InChI is InChI=1S/C13H17N3S.H2O3S2/c14-13(9-17)15-7-3-4-10-8-16-12-6-2-1-5-11(10)12;1-5(2,3)4/h1-2,5-6,8,16-17H,3-4,7,9H2,(H2,14,15);(H2,1,2,3,4). The maximum absolute atomic E-state index is 9.11. The molecule has 0 atom stereocenters. The van der Waals surface area contributed by atoms with Gasteiger partial charge < -0.3 is 10.7 Å². The number of benzene rings is 1. The fourth-order valence-electron chi connectivity index (χ4n) is 1.88. The first kappa shape index (κ1) is 18.9. The van der Waals surface area contributed by atoms with Gasteiger partial charge in [0.05, 0.1) is 0 Å². The van der Waals surface area contributed by atoms with Crippen LogP contribution >= 0.6 is 12.6 Å². The average Bonchev–Trinajstić information content (AvgIpc) is 2.85. The highest BCUT2D eigenvalue weighted by Gasteiger charge is 2.01. The SMILES string of the molecule is NC(CS)=NCCCc1c[nH]c2ccccc12.O=S(O)(O)=S. The molecule has 0 bridgehead atoms. The molecule has 0 unspecified atom stereocenters. The van der Waals surface area contributed by atoms with Crippen molar-refractivity contribution in [2.24, 2.45) is 10.7 Å². The van der Waals surface area contributed by atoms with Gasteiger partial charge >= 0.3 is 0 Å². The van der Waals surface area contributed by atoms with E-state index in [1.807, 2.05) is 6.07 Å². The summed E-state index contributed by atoms with van der Waals surface area (Å²) < 4.78 is 24.0. The van der Waals surface area contributed by atoms with Gasteiger partial charge in [-0.05, 0) is 24.5 Å². The monoisotopic (exact) mass is 361 g/mol. The van der Waals surface area contributed by atoms with Crippen LogP contribution < -0.4 is 5.73 Å². The Labute approximate surface area is 140 Å². The molecule has 0 radical (unpaired) electrons. The molecule has 0 fully saturated rings. The Morgan fingerprint density at radius 1 is 1.41 bits per heavy atom. The van der Waals surface area contributed by atoms with Crippen LogP contribution in [-0.2, 0) is 26.7 Å². The number of nitrogens with two attached hydrogens (primary N) is 1. The van der Waals surface area contributed by atoms with E-state index in [1.165, 1.54) is 16.5 Å². The molecule has 122 valence electrons. The molecule has 1 aromatic carbocycles. The Balaban J connectivity index is 0.000000422. The predicted octanol–water partition coefficient (Wildman–Crippen LogP) is 2.07. The minimum Gasteiger partial charge on any atom is -0.387 e. The van der Waals surface area contributed by atoms with E-state index in [-0.39, 0.29) is 0 Å². The number of thiol groups is 1. The third-order valence-corrected chi connectivity index (χ3v) is 3.08. The van der Waals surface area contributed by atoms with Crippen molar-refractivity contribution < 1.29 is 13.3 Å². The molecular formula is C13H19N3O3S3. The molecule has 0 aliphatic heterocycles. The number of rotatable bonds is 5. The molecule has 1 aromatic heterocycles. The van der Waals surface area contributed by atoms with Crippen molar-refractivity contribution in [3.05, 3.63) is 36.0 Å². The second kappa shape index (κ2) is 9.11. The van der Waals surface area contributed by atoms with E-state index in [0.29, 0.717) is 11.6 Å². The molecule has 1 heterocycles. The summed E-state index contributed by atoms with van der Waals surface area (Å²) in [5.41, 5.74) is 8.13. The lowest BCUT2D eigenvalue weighted by atomic mass is 10.1. The summed E-state index contributed by atoms with van der Waals surface area (Å²) in [4.78, 5) is 7.51. The highest BCUT2D eigenvalue weighted by atomic mass is 32.9. The maximum Gasteiger partial charge on any atom is 0.263 e. The van der Waals surface area contributed by atoms with Crippen LogP contribution in [0.25, 0.3) is 10.9 Å². The highest BCUT2D eigenvalue weighted by Crippen LogP contribution is 2.18. The molecular weight excluding hydrogens is 342 g/mol. The van der Waals surface area contributed by atoms with Gasteiger partial charge in [-0.2, -0.15) is 16.8 Å². The van der Waals surface area contributed by atoms with Crippen LogP contribution in [0.1, 0.15) is 12.0 Å².